The summed E-state index contributed by atoms with van der Waals surface area (Å²) in [6.07, 6.45) is 2.66. The minimum absolute atomic E-state index is 0.363. The van der Waals surface area contributed by atoms with Gasteiger partial charge in [0.05, 0.1) is 29.5 Å². The second-order valence-electron chi connectivity index (χ2n) is 4.22. The van der Waals surface area contributed by atoms with Crippen LogP contribution in [0.5, 0.6) is 0 Å². The first kappa shape index (κ1) is 12.3. The van der Waals surface area contributed by atoms with Crippen LogP contribution in [0.4, 0.5) is 14.5 Å². The third-order valence-electron chi connectivity index (χ3n) is 2.79. The summed E-state index contributed by atoms with van der Waals surface area (Å²) in [5.41, 5.74) is 7.69. The van der Waals surface area contributed by atoms with E-state index in [-0.39, 0.29) is 5.82 Å². The fourth-order valence-electron chi connectivity index (χ4n) is 1.85. The summed E-state index contributed by atoms with van der Waals surface area (Å²) in [7, 11) is 0. The maximum absolute atomic E-state index is 13.2. The van der Waals surface area contributed by atoms with Gasteiger partial charge in [-0.3, -0.25) is 4.98 Å². The second-order valence-corrected chi connectivity index (χ2v) is 4.22. The van der Waals surface area contributed by atoms with Crippen LogP contribution in [0, 0.1) is 11.6 Å². The molecular weight excluding hydrogens is 262 g/mol. The normalized spacial score (nSPS) is 10.7. The Kier molecular flexibility index (Phi) is 2.90. The highest BCUT2D eigenvalue weighted by atomic mass is 19.1. The zero-order valence-electron chi connectivity index (χ0n) is 10.3. The highest BCUT2D eigenvalue weighted by Gasteiger charge is 2.11. The molecule has 2 heterocycles. The number of nitrogen functional groups attached to an aromatic ring is 1. The molecule has 0 saturated carbocycles. The lowest BCUT2D eigenvalue weighted by atomic mass is 10.2. The quantitative estimate of drug-likeness (QED) is 0.780. The summed E-state index contributed by atoms with van der Waals surface area (Å²) >= 11 is 0. The molecule has 0 spiro atoms. The molecule has 0 aliphatic heterocycles. The van der Waals surface area contributed by atoms with Gasteiger partial charge in [-0.1, -0.05) is 6.07 Å². The van der Waals surface area contributed by atoms with Gasteiger partial charge in [0, 0.05) is 0 Å². The molecular formula is C14H10F2N4. The van der Waals surface area contributed by atoms with Gasteiger partial charge in [-0.2, -0.15) is 5.10 Å². The van der Waals surface area contributed by atoms with E-state index in [4.69, 9.17) is 5.73 Å². The Morgan fingerprint density at radius 1 is 1.05 bits per heavy atom. The molecule has 0 amide bonds. The van der Waals surface area contributed by atoms with Gasteiger partial charge in [0.1, 0.15) is 17.3 Å². The fraction of sp³-hybridized carbons (Fsp3) is 0. The minimum Gasteiger partial charge on any atom is -0.396 e. The number of hydrogen-bond acceptors (Lipinski definition) is 3. The Morgan fingerprint density at radius 3 is 2.60 bits per heavy atom. The molecule has 3 aromatic rings. The van der Waals surface area contributed by atoms with Crippen LogP contribution < -0.4 is 5.73 Å². The molecule has 0 saturated heterocycles. The van der Waals surface area contributed by atoms with E-state index in [1.165, 1.54) is 28.9 Å². The topological polar surface area (TPSA) is 56.7 Å². The molecule has 0 aliphatic rings. The Balaban J connectivity index is 2.05. The summed E-state index contributed by atoms with van der Waals surface area (Å²) < 4.78 is 27.5. The van der Waals surface area contributed by atoms with Gasteiger partial charge >= 0.3 is 0 Å². The average molecular weight is 272 g/mol. The van der Waals surface area contributed by atoms with Crippen LogP contribution in [0.3, 0.4) is 0 Å². The number of halogens is 2. The first-order valence-electron chi connectivity index (χ1n) is 5.86. The highest BCUT2D eigenvalue weighted by molar-refractivity contribution is 5.69. The molecule has 2 N–H and O–H groups in total. The minimum atomic E-state index is -0.433. The van der Waals surface area contributed by atoms with Crippen molar-refractivity contribution < 1.29 is 8.78 Å². The number of hydrogen-bond donors (Lipinski definition) is 1. The Labute approximate surface area is 113 Å². The lowest BCUT2D eigenvalue weighted by Gasteiger charge is -2.00. The second kappa shape index (κ2) is 4.73. The summed E-state index contributed by atoms with van der Waals surface area (Å²) in [6, 6.07) is 8.75. The molecule has 0 aliphatic carbocycles. The Morgan fingerprint density at radius 2 is 1.90 bits per heavy atom. The van der Waals surface area contributed by atoms with Gasteiger partial charge in [0.15, 0.2) is 0 Å². The smallest absolute Gasteiger partial charge is 0.141 e. The number of nitrogens with two attached hydrogens (primary N) is 1. The molecule has 6 heteroatoms. The molecule has 0 radical (unpaired) electrons. The standard InChI is InChI=1S/C14H10F2N4/c15-9-2-1-3-11(6-9)20-8-12(17)14(19-20)13-5-4-10(16)7-18-13/h1-8H,17H2. The predicted octanol–water partition coefficient (Wildman–Crippen LogP) is 2.79. The van der Waals surface area contributed by atoms with Crippen molar-refractivity contribution in [1.82, 2.24) is 14.8 Å². The van der Waals surface area contributed by atoms with Gasteiger partial charge in [-0.25, -0.2) is 13.5 Å². The predicted molar refractivity (Wildman–Crippen MR) is 71.1 cm³/mol. The molecule has 2 aromatic heterocycles. The molecule has 0 atom stereocenters. The number of nitrogens with zero attached hydrogens (tertiary/aromatic N) is 3. The summed E-state index contributed by atoms with van der Waals surface area (Å²) in [5, 5.41) is 4.26. The van der Waals surface area contributed by atoms with Crippen molar-refractivity contribution in [3.63, 3.8) is 0 Å². The molecule has 0 unspecified atom stereocenters. The van der Waals surface area contributed by atoms with Crippen molar-refractivity contribution in [2.75, 3.05) is 5.73 Å². The van der Waals surface area contributed by atoms with Crippen LogP contribution in [-0.4, -0.2) is 14.8 Å². The summed E-state index contributed by atoms with van der Waals surface area (Å²) in [5.74, 6) is -0.796. The van der Waals surface area contributed by atoms with Crippen LogP contribution in [0.2, 0.25) is 0 Å². The van der Waals surface area contributed by atoms with Gasteiger partial charge in [-0.05, 0) is 30.3 Å². The van der Waals surface area contributed by atoms with Crippen LogP contribution >= 0.6 is 0 Å². The van der Waals surface area contributed by atoms with E-state index in [1.807, 2.05) is 0 Å². The first-order valence-corrected chi connectivity index (χ1v) is 5.86. The average Bonchev–Trinajstić information content (AvgIpc) is 2.82. The van der Waals surface area contributed by atoms with Gasteiger partial charge in [0.2, 0.25) is 0 Å². The van der Waals surface area contributed by atoms with Crippen LogP contribution in [-0.2, 0) is 0 Å². The molecule has 1 aromatic carbocycles. The van der Waals surface area contributed by atoms with Crippen LogP contribution in [0.25, 0.3) is 17.1 Å². The van der Waals surface area contributed by atoms with E-state index in [0.717, 1.165) is 6.20 Å². The lowest BCUT2D eigenvalue weighted by Crippen LogP contribution is -1.95. The number of anilines is 1. The van der Waals surface area contributed by atoms with Gasteiger partial charge in [-0.15, -0.1) is 0 Å². The van der Waals surface area contributed by atoms with E-state index < -0.39 is 5.82 Å². The third-order valence-corrected chi connectivity index (χ3v) is 2.79. The van der Waals surface area contributed by atoms with Crippen molar-refractivity contribution in [3.8, 4) is 17.1 Å². The largest absolute Gasteiger partial charge is 0.396 e. The van der Waals surface area contributed by atoms with Crippen molar-refractivity contribution in [3.05, 3.63) is 60.4 Å². The Hall–Kier alpha value is -2.76. The first-order chi connectivity index (χ1) is 9.63. The fourth-order valence-corrected chi connectivity index (χ4v) is 1.85. The summed E-state index contributed by atoms with van der Waals surface area (Å²) in [6.45, 7) is 0. The van der Waals surface area contributed by atoms with Crippen molar-refractivity contribution in [2.24, 2.45) is 0 Å². The molecule has 4 nitrogen and oxygen atoms in total. The van der Waals surface area contributed by atoms with Gasteiger partial charge in [0.25, 0.3) is 0 Å². The molecule has 3 rings (SSSR count). The third kappa shape index (κ3) is 2.23. The molecule has 20 heavy (non-hydrogen) atoms. The van der Waals surface area contributed by atoms with Gasteiger partial charge < -0.3 is 5.73 Å². The van der Waals surface area contributed by atoms with Crippen molar-refractivity contribution in [1.29, 1.82) is 0 Å². The molecule has 0 bridgehead atoms. The molecule has 100 valence electrons. The van der Waals surface area contributed by atoms with E-state index in [1.54, 1.807) is 18.3 Å². The number of aromatic nitrogens is 3. The zero-order chi connectivity index (χ0) is 14.1. The zero-order valence-corrected chi connectivity index (χ0v) is 10.3. The molecule has 0 fully saturated rings. The van der Waals surface area contributed by atoms with E-state index in [9.17, 15) is 8.78 Å². The van der Waals surface area contributed by atoms with Crippen molar-refractivity contribution in [2.45, 2.75) is 0 Å². The van der Waals surface area contributed by atoms with Crippen molar-refractivity contribution >= 4 is 5.69 Å². The number of pyridine rings is 1. The lowest BCUT2D eigenvalue weighted by molar-refractivity contribution is 0.621. The summed E-state index contributed by atoms with van der Waals surface area (Å²) in [4.78, 5) is 3.93. The van der Waals surface area contributed by atoms with Crippen LogP contribution in [0.15, 0.2) is 48.8 Å². The van der Waals surface area contributed by atoms with Crippen LogP contribution in [0.1, 0.15) is 0 Å². The highest BCUT2D eigenvalue weighted by Crippen LogP contribution is 2.23. The van der Waals surface area contributed by atoms with E-state index in [0.29, 0.717) is 22.8 Å². The maximum Gasteiger partial charge on any atom is 0.141 e. The number of benzene rings is 1. The SMILES string of the molecule is Nc1cn(-c2cccc(F)c2)nc1-c1ccc(F)cn1. The number of rotatable bonds is 2. The van der Waals surface area contributed by atoms with E-state index >= 15 is 0 Å². The maximum atomic E-state index is 13.2. The monoisotopic (exact) mass is 272 g/mol. The Bertz CT molecular complexity index is 750. The van der Waals surface area contributed by atoms with E-state index in [2.05, 4.69) is 10.1 Å².